The van der Waals surface area contributed by atoms with Crippen LogP contribution >= 0.6 is 11.6 Å². The number of ether oxygens (including phenoxy) is 1. The molecule has 0 aliphatic rings. The van der Waals surface area contributed by atoms with Gasteiger partial charge in [0.15, 0.2) is 0 Å². The molecule has 0 amide bonds. The second-order valence-corrected chi connectivity index (χ2v) is 4.27. The van der Waals surface area contributed by atoms with Gasteiger partial charge in [0.25, 0.3) is 0 Å². The van der Waals surface area contributed by atoms with E-state index in [0.29, 0.717) is 11.8 Å². The fourth-order valence-corrected chi connectivity index (χ4v) is 1.19. The summed E-state index contributed by atoms with van der Waals surface area (Å²) in [4.78, 5) is 8.17. The molecular weight excluding hydrogens is 214 g/mol. The van der Waals surface area contributed by atoms with Crippen molar-refractivity contribution in [2.45, 2.75) is 26.3 Å². The van der Waals surface area contributed by atoms with Crippen molar-refractivity contribution < 1.29 is 4.74 Å². The molecule has 0 spiro atoms. The standard InChI is InChI=1S/C10H16ClN3O/c1-7-8(14-10(2,3)5-11)12-6-13-9(7)15-4/h6H,5H2,1-4H3,(H,12,13,14). The van der Waals surface area contributed by atoms with Gasteiger partial charge in [0.2, 0.25) is 5.88 Å². The van der Waals surface area contributed by atoms with Crippen LogP contribution < -0.4 is 10.1 Å². The molecule has 1 aromatic heterocycles. The molecule has 0 saturated heterocycles. The largest absolute Gasteiger partial charge is 0.481 e. The molecule has 15 heavy (non-hydrogen) atoms. The Kier molecular flexibility index (Phi) is 3.74. The van der Waals surface area contributed by atoms with Crippen LogP contribution in [-0.2, 0) is 0 Å². The normalized spacial score (nSPS) is 11.3. The number of aromatic nitrogens is 2. The predicted octanol–water partition coefficient (Wildman–Crippen LogP) is 2.22. The lowest BCUT2D eigenvalue weighted by Gasteiger charge is -2.25. The van der Waals surface area contributed by atoms with Crippen LogP contribution in [0.15, 0.2) is 6.33 Å². The highest BCUT2D eigenvalue weighted by Gasteiger charge is 2.18. The van der Waals surface area contributed by atoms with Crippen LogP contribution in [0.2, 0.25) is 0 Å². The number of nitrogens with one attached hydrogen (secondary N) is 1. The highest BCUT2D eigenvalue weighted by molar-refractivity contribution is 6.18. The van der Waals surface area contributed by atoms with Gasteiger partial charge in [0.05, 0.1) is 12.7 Å². The van der Waals surface area contributed by atoms with Crippen LogP contribution in [-0.4, -0.2) is 28.5 Å². The SMILES string of the molecule is COc1ncnc(NC(C)(C)CCl)c1C. The molecule has 1 heterocycles. The molecule has 0 unspecified atom stereocenters. The lowest BCUT2D eigenvalue weighted by molar-refractivity contribution is 0.393. The summed E-state index contributed by atoms with van der Waals surface area (Å²) in [7, 11) is 1.59. The monoisotopic (exact) mass is 229 g/mol. The Morgan fingerprint density at radius 2 is 2.13 bits per heavy atom. The lowest BCUT2D eigenvalue weighted by atomic mass is 10.1. The van der Waals surface area contributed by atoms with Gasteiger partial charge in [-0.3, -0.25) is 0 Å². The van der Waals surface area contributed by atoms with E-state index in [1.807, 2.05) is 20.8 Å². The van der Waals surface area contributed by atoms with Gasteiger partial charge in [0, 0.05) is 11.4 Å². The van der Waals surface area contributed by atoms with E-state index >= 15 is 0 Å². The average Bonchev–Trinajstić information content (AvgIpc) is 2.21. The van der Waals surface area contributed by atoms with Gasteiger partial charge in [-0.05, 0) is 20.8 Å². The van der Waals surface area contributed by atoms with E-state index in [-0.39, 0.29) is 5.54 Å². The summed E-state index contributed by atoms with van der Waals surface area (Å²) in [5.74, 6) is 1.84. The Morgan fingerprint density at radius 3 is 2.67 bits per heavy atom. The first kappa shape index (κ1) is 12.0. The van der Waals surface area contributed by atoms with Gasteiger partial charge >= 0.3 is 0 Å². The Labute approximate surface area is 95.0 Å². The van der Waals surface area contributed by atoms with E-state index < -0.39 is 0 Å². The Morgan fingerprint density at radius 1 is 1.47 bits per heavy atom. The molecular formula is C10H16ClN3O. The van der Waals surface area contributed by atoms with Crippen molar-refractivity contribution in [1.29, 1.82) is 0 Å². The molecule has 0 saturated carbocycles. The zero-order valence-electron chi connectivity index (χ0n) is 9.47. The van der Waals surface area contributed by atoms with E-state index in [9.17, 15) is 0 Å². The van der Waals surface area contributed by atoms with Crippen LogP contribution in [0.4, 0.5) is 5.82 Å². The summed E-state index contributed by atoms with van der Waals surface area (Å²) in [6.07, 6.45) is 1.47. The summed E-state index contributed by atoms with van der Waals surface area (Å²) in [5, 5.41) is 3.25. The molecule has 4 nitrogen and oxygen atoms in total. The molecule has 1 aromatic rings. The number of methoxy groups -OCH3 is 1. The zero-order chi connectivity index (χ0) is 11.5. The van der Waals surface area contributed by atoms with E-state index in [1.165, 1.54) is 6.33 Å². The third-order valence-corrected chi connectivity index (χ3v) is 2.69. The van der Waals surface area contributed by atoms with Crippen LogP contribution in [0.3, 0.4) is 0 Å². The first-order valence-electron chi connectivity index (χ1n) is 4.70. The highest BCUT2D eigenvalue weighted by atomic mass is 35.5. The molecule has 5 heteroatoms. The predicted molar refractivity (Wildman–Crippen MR) is 61.7 cm³/mol. The minimum atomic E-state index is -0.203. The van der Waals surface area contributed by atoms with Crippen LogP contribution in [0.25, 0.3) is 0 Å². The van der Waals surface area contributed by atoms with Gasteiger partial charge < -0.3 is 10.1 Å². The smallest absolute Gasteiger partial charge is 0.221 e. The fourth-order valence-electron chi connectivity index (χ4n) is 1.12. The Bertz CT molecular complexity index is 341. The molecule has 84 valence electrons. The van der Waals surface area contributed by atoms with Crippen molar-refractivity contribution in [3.63, 3.8) is 0 Å². The maximum atomic E-state index is 5.83. The fraction of sp³-hybridized carbons (Fsp3) is 0.600. The molecule has 0 fully saturated rings. The quantitative estimate of drug-likeness (QED) is 0.805. The van der Waals surface area contributed by atoms with Gasteiger partial charge in [-0.2, -0.15) is 0 Å². The zero-order valence-corrected chi connectivity index (χ0v) is 10.2. The van der Waals surface area contributed by atoms with Crippen LogP contribution in [0.5, 0.6) is 5.88 Å². The van der Waals surface area contributed by atoms with E-state index in [4.69, 9.17) is 16.3 Å². The summed E-state index contributed by atoms with van der Waals surface area (Å²) < 4.78 is 5.11. The Hall–Kier alpha value is -1.03. The molecule has 1 rings (SSSR count). The number of rotatable bonds is 4. The van der Waals surface area contributed by atoms with Gasteiger partial charge in [-0.25, -0.2) is 9.97 Å². The molecule has 0 radical (unpaired) electrons. The minimum Gasteiger partial charge on any atom is -0.481 e. The minimum absolute atomic E-state index is 0.203. The molecule has 1 N–H and O–H groups in total. The van der Waals surface area contributed by atoms with Crippen molar-refractivity contribution in [1.82, 2.24) is 9.97 Å². The highest BCUT2D eigenvalue weighted by Crippen LogP contribution is 2.23. The number of hydrogen-bond donors (Lipinski definition) is 1. The van der Waals surface area contributed by atoms with Crippen molar-refractivity contribution in [3.8, 4) is 5.88 Å². The van der Waals surface area contributed by atoms with Crippen molar-refractivity contribution in [2.75, 3.05) is 18.3 Å². The molecule has 0 bridgehead atoms. The lowest BCUT2D eigenvalue weighted by Crippen LogP contribution is -2.33. The molecule has 0 atom stereocenters. The third kappa shape index (κ3) is 2.96. The maximum absolute atomic E-state index is 5.83. The van der Waals surface area contributed by atoms with Gasteiger partial charge in [0.1, 0.15) is 12.1 Å². The number of hydrogen-bond acceptors (Lipinski definition) is 4. The Balaban J connectivity index is 2.95. The van der Waals surface area contributed by atoms with E-state index in [2.05, 4.69) is 15.3 Å². The molecule has 0 aliphatic heterocycles. The average molecular weight is 230 g/mol. The molecule has 0 aromatic carbocycles. The number of halogens is 1. The van der Waals surface area contributed by atoms with Gasteiger partial charge in [-0.15, -0.1) is 11.6 Å². The topological polar surface area (TPSA) is 47.0 Å². The van der Waals surface area contributed by atoms with Crippen molar-refractivity contribution in [2.24, 2.45) is 0 Å². The van der Waals surface area contributed by atoms with E-state index in [1.54, 1.807) is 7.11 Å². The summed E-state index contributed by atoms with van der Waals surface area (Å²) in [6.45, 7) is 5.92. The van der Waals surface area contributed by atoms with Crippen molar-refractivity contribution >= 4 is 17.4 Å². The third-order valence-electron chi connectivity index (χ3n) is 2.02. The number of nitrogens with zero attached hydrogens (tertiary/aromatic N) is 2. The summed E-state index contributed by atoms with van der Waals surface area (Å²) in [5.41, 5.74) is 0.685. The second-order valence-electron chi connectivity index (χ2n) is 4.00. The summed E-state index contributed by atoms with van der Waals surface area (Å²) >= 11 is 5.83. The molecule has 0 aliphatic carbocycles. The van der Waals surface area contributed by atoms with Crippen LogP contribution in [0.1, 0.15) is 19.4 Å². The maximum Gasteiger partial charge on any atom is 0.221 e. The first-order chi connectivity index (χ1) is 7.00. The number of anilines is 1. The van der Waals surface area contributed by atoms with Crippen molar-refractivity contribution in [3.05, 3.63) is 11.9 Å². The van der Waals surface area contributed by atoms with Gasteiger partial charge in [-0.1, -0.05) is 0 Å². The number of alkyl halides is 1. The van der Waals surface area contributed by atoms with E-state index in [0.717, 1.165) is 11.4 Å². The van der Waals surface area contributed by atoms with Crippen LogP contribution in [0, 0.1) is 6.92 Å². The first-order valence-corrected chi connectivity index (χ1v) is 5.23. The summed E-state index contributed by atoms with van der Waals surface area (Å²) in [6, 6.07) is 0. The second kappa shape index (κ2) is 4.66.